The summed E-state index contributed by atoms with van der Waals surface area (Å²) in [5.41, 5.74) is 5.23. The molecule has 9 aromatic rings. The summed E-state index contributed by atoms with van der Waals surface area (Å²) in [6.07, 6.45) is 16.1. The fourth-order valence-electron chi connectivity index (χ4n) is 20.1. The maximum Gasteiger partial charge on any atom is 0.373 e. The number of carboxylic acid groups (broad SMARTS) is 2. The molecule has 1 amide bonds. The molecule has 6 aromatic heterocycles. The van der Waals surface area contributed by atoms with Crippen molar-refractivity contribution in [2.24, 2.45) is 32.7 Å². The van der Waals surface area contributed by atoms with E-state index in [0.717, 1.165) is 63.3 Å². The van der Waals surface area contributed by atoms with Crippen LogP contribution in [0.1, 0.15) is 177 Å². The number of sulfonamides is 3. The van der Waals surface area contributed by atoms with Gasteiger partial charge in [0.05, 0.1) is 34.3 Å². The van der Waals surface area contributed by atoms with E-state index in [1.807, 2.05) is 14.7 Å². The molecule has 7 fully saturated rings. The Morgan fingerprint density at radius 2 is 0.828 bits per heavy atom. The number of amides is 1. The Kier molecular flexibility index (Phi) is 34.7. The molecule has 19 rings (SSSR count). The smallest absolute Gasteiger partial charge is 0.373 e. The Hall–Kier alpha value is -10.6. The van der Waals surface area contributed by atoms with Crippen LogP contribution in [-0.4, -0.2) is 282 Å². The van der Waals surface area contributed by atoms with Gasteiger partial charge >= 0.3 is 37.7 Å². The number of thiazole rings is 3. The zero-order valence-corrected chi connectivity index (χ0v) is 84.7. The van der Waals surface area contributed by atoms with Gasteiger partial charge in [-0.1, -0.05) is 59.9 Å². The third kappa shape index (κ3) is 26.1. The molecule has 3 aromatic carbocycles. The van der Waals surface area contributed by atoms with Crippen LogP contribution in [0.5, 0.6) is 0 Å². The number of rotatable bonds is 32. The number of nitrogens with one attached hydrogen (secondary N) is 3. The van der Waals surface area contributed by atoms with Gasteiger partial charge in [-0.25, -0.2) is 81.6 Å². The van der Waals surface area contributed by atoms with Gasteiger partial charge in [0.25, 0.3) is 0 Å². The second kappa shape index (κ2) is 46.9. The lowest BCUT2D eigenvalue weighted by molar-refractivity contribution is -0.191. The first-order valence-electron chi connectivity index (χ1n) is 46.5. The number of alkyl halides is 6. The van der Waals surface area contributed by atoms with Crippen LogP contribution >= 0.6 is 68.8 Å². The minimum absolute atomic E-state index is 0.0256. The van der Waals surface area contributed by atoms with Crippen LogP contribution in [0, 0.1) is 35.2 Å². The molecule has 0 aliphatic carbocycles. The molecular formula is C92H100Cl3F9N22O13S6. The van der Waals surface area contributed by atoms with Gasteiger partial charge in [-0.2, -0.15) is 51.2 Å². The molecule has 5 N–H and O–H groups in total. The molecule has 35 nitrogen and oxygen atoms in total. The second-order valence-electron chi connectivity index (χ2n) is 36.5. The van der Waals surface area contributed by atoms with Crippen LogP contribution in [0.25, 0.3) is 16.7 Å². The number of amidine groups is 3. The molecule has 0 spiro atoms. The number of aromatic nitrogens is 9. The number of fused-ring (bicyclic) bond motifs is 3. The molecule has 53 heteroatoms. The molecule has 145 heavy (non-hydrogen) atoms. The van der Waals surface area contributed by atoms with Gasteiger partial charge in [0.1, 0.15) is 41.6 Å². The van der Waals surface area contributed by atoms with Crippen molar-refractivity contribution in [1.29, 1.82) is 0 Å². The SMILES string of the molecule is CC1CCCN(CCS(=O)(=O)N[C@H]2CC3=C(c4ccn(C(F)F)n4)[C@H](c4ccc(F)cc4Cl)N=C(c4nccs4)N3C2)C1.O=C(O)C1CCCN1CCS(=O)(=O)N[C@H]1CC2=C(c3ccn(C(F)F)n3)[C@H](c3ccc(F)cc3Cl)N=C(c3nccs3)N2C1.O=C(O)CC1CCN(C(=O)CC2CCN(CCS(=O)(=O)N[C@H]3CC4=C(c5ccn(C(F)F)n5)[C@H](c5ccc(F)cc5Cl)N=C(c5nccs5)N4C3)CC2)CC1.O=C=O. The highest BCUT2D eigenvalue weighted by Gasteiger charge is 2.48. The van der Waals surface area contributed by atoms with Crippen molar-refractivity contribution < 1.29 is 99.0 Å². The van der Waals surface area contributed by atoms with Crippen molar-refractivity contribution >= 4 is 157 Å². The highest BCUT2D eigenvalue weighted by molar-refractivity contribution is 7.90. The predicted octanol–water partition coefficient (Wildman–Crippen LogP) is 13.8. The van der Waals surface area contributed by atoms with E-state index in [9.17, 15) is 84.3 Å². The van der Waals surface area contributed by atoms with E-state index in [-0.39, 0.29) is 125 Å². The quantitative estimate of drug-likeness (QED) is 0.0244. The average Bonchev–Trinajstić information content (AvgIpc) is 1.61. The number of hydrogen-bond donors (Lipinski definition) is 5. The lowest BCUT2D eigenvalue weighted by atomic mass is 9.91. The first-order chi connectivity index (χ1) is 69.3. The average molecular weight is 2190 g/mol. The minimum atomic E-state index is -3.85. The predicted molar refractivity (Wildman–Crippen MR) is 523 cm³/mol. The van der Waals surface area contributed by atoms with Crippen molar-refractivity contribution in [2.45, 2.75) is 152 Å². The summed E-state index contributed by atoms with van der Waals surface area (Å²) in [4.78, 5) is 93.3. The number of halogens is 12. The van der Waals surface area contributed by atoms with Crippen LogP contribution in [0.2, 0.25) is 15.1 Å². The Balaban J connectivity index is 0.000000155. The molecule has 0 radical (unpaired) electrons. The molecular weight excluding hydrogens is 2090 g/mol. The van der Waals surface area contributed by atoms with E-state index < -0.39 is 121 Å². The molecule has 2 unspecified atom stereocenters. The third-order valence-corrected chi connectivity index (χ3v) is 34.2. The highest BCUT2D eigenvalue weighted by atomic mass is 35.5. The molecule has 10 aliphatic heterocycles. The fraction of sp³-hybridized carbons (Fsp3) is 0.467. The molecule has 0 saturated carbocycles. The van der Waals surface area contributed by atoms with Crippen molar-refractivity contribution in [3.05, 3.63) is 225 Å². The van der Waals surface area contributed by atoms with E-state index in [0.29, 0.717) is 181 Å². The number of aliphatic carboxylic acids is 2. The van der Waals surface area contributed by atoms with Crippen molar-refractivity contribution in [3.8, 4) is 0 Å². The summed E-state index contributed by atoms with van der Waals surface area (Å²) in [5.74, 6) is -1.52. The number of aliphatic imine (C=N–C) groups is 3. The highest BCUT2D eigenvalue weighted by Crippen LogP contribution is 2.51. The van der Waals surface area contributed by atoms with Crippen LogP contribution in [-0.2, 0) is 54.0 Å². The third-order valence-electron chi connectivity index (χ3n) is 26.7. The van der Waals surface area contributed by atoms with Crippen LogP contribution in [0.4, 0.5) is 39.5 Å². The topological polar surface area (TPSA) is 416 Å². The number of carboxylic acids is 2. The van der Waals surface area contributed by atoms with Crippen LogP contribution in [0.3, 0.4) is 0 Å². The van der Waals surface area contributed by atoms with Gasteiger partial charge in [-0.05, 0) is 150 Å². The summed E-state index contributed by atoms with van der Waals surface area (Å²) in [7, 11) is -11.3. The van der Waals surface area contributed by atoms with Gasteiger partial charge in [0.2, 0.25) is 36.0 Å². The van der Waals surface area contributed by atoms with Gasteiger partial charge in [0, 0.05) is 228 Å². The molecule has 7 saturated heterocycles. The summed E-state index contributed by atoms with van der Waals surface area (Å²) in [6, 6.07) is 11.0. The van der Waals surface area contributed by atoms with Crippen LogP contribution in [0.15, 0.2) is 158 Å². The standard InChI is InChI=1S/C36H42ClF3N8O5S2.C28H31ClF3N7O2S2.C27H27ClF3N7O4S2.CO2/c37-27-19-24(38)1-2-26(27)33-32(28-7-13-48(43-28)36(39)40)29-20-25(21-47(29)34(42-33)35-41-8-15-54-35)44-55(52,53)16-14-45-9-3-22(4-10-45)17-30(49)46-11-5-23(6-12-46)18-31(50)51;1-17-3-2-8-37(15-17)10-12-43(40,41)36-19-14-23-24(22-6-9-39(35-22)28(31)32)25(20-5-4-18(30)13-21(20)29)34-26(38(23)16-19)27-33-7-11-42-27;28-18-12-15(29)3-4-17(18)23-22(19-5-8-38(34-19)27(30)31)21-13-16(14-37(21)24(33-23)25-32-6-10-43-25)35-44(41,42)11-9-36-7-1-2-20(36)26(39)40;2-1-3/h1-2,7-8,13,15,19,22-23,25,33,36,44H,3-6,9-12,14,16-18,20-21H2,(H,50,51);4-7,9,11,13,17,19,25,28,36H,2-3,8,10,12,14-16H2,1H3;3-6,8,10,12,16,20,23,27,35H,1-2,7,9,11,13-14H2,(H,39,40);/t25-,33-;17?,19-,25-;16-,20?,23-;/m000./s1. The maximum absolute atomic E-state index is 14.2. The van der Waals surface area contributed by atoms with Crippen molar-refractivity contribution in [2.75, 3.05) is 102 Å². The Morgan fingerprint density at radius 3 is 1.17 bits per heavy atom. The normalized spacial score (nSPS) is 22.1. The van der Waals surface area contributed by atoms with Gasteiger partial charge in [0.15, 0.2) is 32.5 Å². The summed E-state index contributed by atoms with van der Waals surface area (Å²) >= 11 is 23.6. The summed E-state index contributed by atoms with van der Waals surface area (Å²) in [6.45, 7) is -0.196. The Labute approximate surface area is 854 Å². The van der Waals surface area contributed by atoms with Gasteiger partial charge in [-0.3, -0.25) is 34.3 Å². The van der Waals surface area contributed by atoms with E-state index in [2.05, 4.69) is 61.1 Å². The zero-order valence-electron chi connectivity index (χ0n) is 77.5. The Morgan fingerprint density at radius 1 is 0.469 bits per heavy atom. The van der Waals surface area contributed by atoms with E-state index in [1.165, 1.54) is 101 Å². The number of hydrogen-bond acceptors (Lipinski definition) is 29. The molecule has 776 valence electrons. The lowest BCUT2D eigenvalue weighted by Gasteiger charge is -2.35. The fourth-order valence-corrected chi connectivity index (χ4v) is 26.6. The van der Waals surface area contributed by atoms with Gasteiger partial charge < -0.3 is 39.6 Å². The number of carbonyl (C=O) groups is 3. The molecule has 10 aliphatic rings. The summed E-state index contributed by atoms with van der Waals surface area (Å²) < 4.78 is 214. The molecule has 0 bridgehead atoms. The van der Waals surface area contributed by atoms with Crippen molar-refractivity contribution in [1.82, 2.24) is 92.8 Å². The van der Waals surface area contributed by atoms with Gasteiger partial charge in [-0.15, -0.1) is 34.0 Å². The second-order valence-corrected chi connectivity index (χ2v) is 46.0. The van der Waals surface area contributed by atoms with Crippen molar-refractivity contribution in [3.63, 3.8) is 0 Å². The number of likely N-dealkylation sites (tertiary alicyclic amines) is 4. The lowest BCUT2D eigenvalue weighted by Crippen LogP contribution is -2.44. The first-order valence-corrected chi connectivity index (χ1v) is 55.3. The van der Waals surface area contributed by atoms with E-state index in [1.54, 1.807) is 44.5 Å². The number of nitrogens with zero attached hydrogens (tertiary/aromatic N) is 19. The minimum Gasteiger partial charge on any atom is -0.481 e. The number of carbonyl (C=O) groups excluding carboxylic acids is 3. The maximum atomic E-state index is 14.2. The van der Waals surface area contributed by atoms with E-state index >= 15 is 0 Å². The largest absolute Gasteiger partial charge is 0.481 e. The Bertz CT molecular complexity index is 6780. The molecule has 16 heterocycles. The number of benzene rings is 3. The van der Waals surface area contributed by atoms with Crippen LogP contribution < -0.4 is 14.2 Å². The zero-order chi connectivity index (χ0) is 103. The first kappa shape index (κ1) is 107. The molecule has 8 atom stereocenters. The number of piperidine rings is 3. The monoisotopic (exact) mass is 2190 g/mol. The van der Waals surface area contributed by atoms with E-state index in [4.69, 9.17) is 64.5 Å². The summed E-state index contributed by atoms with van der Waals surface area (Å²) in [5, 5.41) is 38.2.